The highest BCUT2D eigenvalue weighted by molar-refractivity contribution is 9.10. The molecule has 3 heterocycles. The van der Waals surface area contributed by atoms with Crippen molar-refractivity contribution >= 4 is 61.6 Å². The maximum atomic E-state index is 14.1. The number of rotatable bonds is 5. The number of esters is 1. The summed E-state index contributed by atoms with van der Waals surface area (Å²) in [4.78, 5) is 26.8. The number of halogens is 5. The minimum Gasteiger partial charge on any atom is -0.462 e. The van der Waals surface area contributed by atoms with Gasteiger partial charge in [-0.05, 0) is 49.4 Å². The van der Waals surface area contributed by atoms with Crippen LogP contribution in [-0.4, -0.2) is 34.4 Å². The van der Waals surface area contributed by atoms with E-state index in [1.807, 2.05) is 0 Å². The van der Waals surface area contributed by atoms with Crippen LogP contribution in [-0.2, 0) is 17.6 Å². The van der Waals surface area contributed by atoms with Crippen LogP contribution in [0.2, 0.25) is 5.02 Å². The first kappa shape index (κ1) is 26.1. The lowest BCUT2D eigenvalue weighted by molar-refractivity contribution is -0.173. The van der Waals surface area contributed by atoms with Crippen LogP contribution in [0.5, 0.6) is 0 Å². The molecule has 37 heavy (non-hydrogen) atoms. The van der Waals surface area contributed by atoms with Gasteiger partial charge in [-0.15, -0.1) is 11.3 Å². The van der Waals surface area contributed by atoms with Gasteiger partial charge in [-0.25, -0.2) is 9.48 Å². The second-order valence-corrected chi connectivity index (χ2v) is 11.1. The fourth-order valence-corrected chi connectivity index (χ4v) is 6.52. The summed E-state index contributed by atoms with van der Waals surface area (Å²) in [7, 11) is 0. The van der Waals surface area contributed by atoms with Crippen molar-refractivity contribution in [2.24, 2.45) is 0 Å². The van der Waals surface area contributed by atoms with E-state index in [1.165, 1.54) is 11.3 Å². The molecule has 1 aromatic carbocycles. The Morgan fingerprint density at radius 2 is 2.03 bits per heavy atom. The molecule has 196 valence electrons. The van der Waals surface area contributed by atoms with Gasteiger partial charge in [-0.2, -0.15) is 18.3 Å². The van der Waals surface area contributed by atoms with E-state index in [4.69, 9.17) is 16.3 Å². The van der Waals surface area contributed by atoms with Gasteiger partial charge in [0.2, 0.25) is 0 Å². The number of anilines is 2. The monoisotopic (exact) mass is 616 g/mol. The molecular weight excluding hydrogens is 597 g/mol. The van der Waals surface area contributed by atoms with Crippen LogP contribution < -0.4 is 10.6 Å². The van der Waals surface area contributed by atoms with Crippen molar-refractivity contribution in [3.05, 3.63) is 61.0 Å². The summed E-state index contributed by atoms with van der Waals surface area (Å²) in [5.41, 5.74) is 1.40. The Balaban J connectivity index is 1.49. The lowest BCUT2D eigenvalue weighted by Gasteiger charge is -2.33. The molecule has 1 aliphatic carbocycles. The molecule has 2 aliphatic rings. The normalized spacial score (nSPS) is 18.6. The third-order valence-electron chi connectivity index (χ3n) is 6.41. The highest BCUT2D eigenvalue weighted by atomic mass is 79.9. The van der Waals surface area contributed by atoms with Crippen molar-refractivity contribution in [1.29, 1.82) is 0 Å². The lowest BCUT2D eigenvalue weighted by Crippen LogP contribution is -2.35. The summed E-state index contributed by atoms with van der Waals surface area (Å²) in [6, 6.07) is 4.23. The standard InChI is InChI=1S/C24H21BrClF3N4O3S/c1-2-36-23(35)17-13-4-3-5-15(13)37-22(17)31-21(34)19-18(26)20-30-14(11-6-8-12(25)9-7-11)10-16(24(27,28)29)33(20)32-19/h6-9,14,16,30H,2-5,10H2,1H3,(H,31,34)/t14-,16-/m1/s1. The molecule has 0 unspecified atom stereocenters. The summed E-state index contributed by atoms with van der Waals surface area (Å²) in [5, 5.41) is 9.71. The number of carbonyl (C=O) groups is 2. The van der Waals surface area contributed by atoms with Crippen LogP contribution in [0, 0.1) is 0 Å². The van der Waals surface area contributed by atoms with Gasteiger partial charge in [0.05, 0.1) is 18.2 Å². The Bertz CT molecular complexity index is 1370. The van der Waals surface area contributed by atoms with Gasteiger partial charge in [0.15, 0.2) is 11.7 Å². The molecule has 0 radical (unpaired) electrons. The number of amides is 1. The van der Waals surface area contributed by atoms with E-state index in [9.17, 15) is 22.8 Å². The second-order valence-electron chi connectivity index (χ2n) is 8.73. The topological polar surface area (TPSA) is 85.2 Å². The van der Waals surface area contributed by atoms with E-state index < -0.39 is 30.1 Å². The summed E-state index contributed by atoms with van der Waals surface area (Å²) < 4.78 is 48.9. The molecule has 0 spiro atoms. The number of fused-ring (bicyclic) bond motifs is 2. The Labute approximate surface area is 227 Å². The van der Waals surface area contributed by atoms with E-state index in [0.29, 0.717) is 12.0 Å². The lowest BCUT2D eigenvalue weighted by atomic mass is 9.97. The van der Waals surface area contributed by atoms with Gasteiger partial charge in [-0.1, -0.05) is 39.7 Å². The molecule has 3 aromatic rings. The number of carbonyl (C=O) groups excluding carboxylic acids is 2. The van der Waals surface area contributed by atoms with Crippen molar-refractivity contribution in [3.8, 4) is 0 Å². The molecule has 7 nitrogen and oxygen atoms in total. The number of aryl methyl sites for hydroxylation is 1. The predicted octanol–water partition coefficient (Wildman–Crippen LogP) is 6.94. The minimum atomic E-state index is -4.63. The number of nitrogens with zero attached hydrogens (tertiary/aromatic N) is 2. The van der Waals surface area contributed by atoms with Gasteiger partial charge in [-0.3, -0.25) is 4.79 Å². The average molecular weight is 618 g/mol. The molecule has 1 amide bonds. The van der Waals surface area contributed by atoms with Crippen LogP contribution in [0.3, 0.4) is 0 Å². The van der Waals surface area contributed by atoms with E-state index in [-0.39, 0.29) is 40.1 Å². The quantitative estimate of drug-likeness (QED) is 0.303. The number of thiophene rings is 1. The van der Waals surface area contributed by atoms with Crippen molar-refractivity contribution in [1.82, 2.24) is 9.78 Å². The molecule has 0 bridgehead atoms. The SMILES string of the molecule is CCOC(=O)c1c(NC(=O)c2nn3c(c2Cl)N[C@@H](c2ccc(Br)cc2)C[C@@H]3C(F)(F)F)sc2c1CCC2. The van der Waals surface area contributed by atoms with E-state index in [1.54, 1.807) is 31.2 Å². The number of aromatic nitrogens is 2. The molecule has 2 N–H and O–H groups in total. The van der Waals surface area contributed by atoms with Crippen molar-refractivity contribution < 1.29 is 27.5 Å². The highest BCUT2D eigenvalue weighted by Gasteiger charge is 2.48. The maximum Gasteiger partial charge on any atom is 0.410 e. The molecule has 5 rings (SSSR count). The Kier molecular flexibility index (Phi) is 7.01. The number of ether oxygens (including phenoxy) is 1. The van der Waals surface area contributed by atoms with Gasteiger partial charge in [0.1, 0.15) is 15.8 Å². The maximum absolute atomic E-state index is 14.1. The van der Waals surface area contributed by atoms with Crippen LogP contribution in [0.15, 0.2) is 28.7 Å². The Morgan fingerprint density at radius 3 is 2.70 bits per heavy atom. The van der Waals surface area contributed by atoms with Crippen molar-refractivity contribution in [3.63, 3.8) is 0 Å². The third-order valence-corrected chi connectivity index (χ3v) is 8.50. The predicted molar refractivity (Wildman–Crippen MR) is 138 cm³/mol. The fourth-order valence-electron chi connectivity index (χ4n) is 4.72. The molecule has 2 atom stereocenters. The zero-order valence-electron chi connectivity index (χ0n) is 19.4. The first-order valence-corrected chi connectivity index (χ1v) is 13.6. The number of hydrogen-bond donors (Lipinski definition) is 2. The smallest absolute Gasteiger partial charge is 0.410 e. The first-order chi connectivity index (χ1) is 17.6. The molecule has 2 aromatic heterocycles. The van der Waals surface area contributed by atoms with E-state index in [0.717, 1.165) is 32.4 Å². The summed E-state index contributed by atoms with van der Waals surface area (Å²) in [6.45, 7) is 1.85. The Hall–Kier alpha value is -2.57. The number of alkyl halides is 3. The summed E-state index contributed by atoms with van der Waals surface area (Å²) in [5.74, 6) is -1.45. The fraction of sp³-hybridized carbons (Fsp3) is 0.375. The molecule has 0 saturated carbocycles. The Morgan fingerprint density at radius 1 is 1.30 bits per heavy atom. The van der Waals surface area contributed by atoms with Crippen molar-refractivity contribution in [2.75, 3.05) is 17.2 Å². The van der Waals surface area contributed by atoms with E-state index >= 15 is 0 Å². The second kappa shape index (κ2) is 9.95. The van der Waals surface area contributed by atoms with Crippen molar-refractivity contribution in [2.45, 2.75) is 50.9 Å². The number of hydrogen-bond acceptors (Lipinski definition) is 6. The zero-order chi connectivity index (χ0) is 26.5. The average Bonchev–Trinajstić information content (AvgIpc) is 3.51. The van der Waals surface area contributed by atoms with Crippen LogP contribution in [0.4, 0.5) is 24.0 Å². The highest BCUT2D eigenvalue weighted by Crippen LogP contribution is 2.47. The summed E-state index contributed by atoms with van der Waals surface area (Å²) in [6.07, 6.45) is -2.60. The number of benzene rings is 1. The van der Waals surface area contributed by atoms with Gasteiger partial charge >= 0.3 is 12.1 Å². The third kappa shape index (κ3) is 4.86. The molecular formula is C24H21BrClF3N4O3S. The van der Waals surface area contributed by atoms with Crippen LogP contribution >= 0.6 is 38.9 Å². The van der Waals surface area contributed by atoms with Gasteiger partial charge in [0, 0.05) is 15.8 Å². The summed E-state index contributed by atoms with van der Waals surface area (Å²) >= 11 is 11.0. The minimum absolute atomic E-state index is 0.0902. The van der Waals surface area contributed by atoms with E-state index in [2.05, 4.69) is 31.7 Å². The number of nitrogens with one attached hydrogen (secondary N) is 2. The zero-order valence-corrected chi connectivity index (χ0v) is 22.6. The molecule has 1 aliphatic heterocycles. The van der Waals surface area contributed by atoms with Crippen LogP contribution in [0.25, 0.3) is 0 Å². The molecule has 13 heteroatoms. The first-order valence-electron chi connectivity index (χ1n) is 11.6. The van der Waals surface area contributed by atoms with Gasteiger partial charge in [0.25, 0.3) is 5.91 Å². The molecule has 0 saturated heterocycles. The largest absolute Gasteiger partial charge is 0.462 e. The van der Waals surface area contributed by atoms with Gasteiger partial charge < -0.3 is 15.4 Å². The van der Waals surface area contributed by atoms with Crippen LogP contribution in [0.1, 0.15) is 68.7 Å². The molecule has 0 fully saturated rings.